The third kappa shape index (κ3) is 3.05. The second-order valence-corrected chi connectivity index (χ2v) is 6.48. The maximum absolute atomic E-state index is 13.1. The first-order valence-corrected chi connectivity index (χ1v) is 8.44. The number of aromatic nitrogens is 1. The van der Waals surface area contributed by atoms with Gasteiger partial charge in [-0.1, -0.05) is 30.3 Å². The van der Waals surface area contributed by atoms with Crippen molar-refractivity contribution in [1.29, 1.82) is 0 Å². The lowest BCUT2D eigenvalue weighted by atomic mass is 10.1. The standard InChI is InChI=1S/C15H20NO4P/c1-4-19-21(18,20-5-2)15-12(3)16(17)11-14(15)13-9-7-6-8-10-13/h6-11,17H,4-5H2,1-3H3. The van der Waals surface area contributed by atoms with Crippen LogP contribution in [-0.2, 0) is 13.6 Å². The van der Waals surface area contributed by atoms with E-state index in [2.05, 4.69) is 0 Å². The van der Waals surface area contributed by atoms with Crippen molar-refractivity contribution < 1.29 is 18.8 Å². The molecule has 2 aromatic rings. The SMILES string of the molecule is CCOP(=O)(OCC)c1c(-c2ccccc2)cn(O)c1C. The van der Waals surface area contributed by atoms with Crippen molar-refractivity contribution in [3.05, 3.63) is 42.2 Å². The summed E-state index contributed by atoms with van der Waals surface area (Å²) in [6, 6.07) is 9.45. The molecule has 0 unspecified atom stereocenters. The van der Waals surface area contributed by atoms with E-state index in [9.17, 15) is 9.77 Å². The highest BCUT2D eigenvalue weighted by Crippen LogP contribution is 2.50. The molecule has 0 spiro atoms. The molecule has 0 radical (unpaired) electrons. The number of hydrogen-bond donors (Lipinski definition) is 1. The highest BCUT2D eigenvalue weighted by atomic mass is 31.2. The van der Waals surface area contributed by atoms with E-state index in [-0.39, 0.29) is 13.2 Å². The van der Waals surface area contributed by atoms with Crippen molar-refractivity contribution in [2.75, 3.05) is 13.2 Å². The Balaban J connectivity index is 2.64. The van der Waals surface area contributed by atoms with Gasteiger partial charge in [-0.15, -0.1) is 0 Å². The molecule has 0 saturated carbocycles. The van der Waals surface area contributed by atoms with Gasteiger partial charge in [0.15, 0.2) is 0 Å². The van der Waals surface area contributed by atoms with Gasteiger partial charge in [-0.25, -0.2) is 0 Å². The molecule has 0 fully saturated rings. The topological polar surface area (TPSA) is 60.7 Å². The molecule has 0 aliphatic carbocycles. The van der Waals surface area contributed by atoms with E-state index in [1.807, 2.05) is 30.3 Å². The first kappa shape index (κ1) is 15.8. The summed E-state index contributed by atoms with van der Waals surface area (Å²) in [5, 5.41) is 10.4. The van der Waals surface area contributed by atoms with Crippen molar-refractivity contribution in [1.82, 2.24) is 4.73 Å². The molecule has 1 aromatic heterocycles. The van der Waals surface area contributed by atoms with Gasteiger partial charge in [-0.3, -0.25) is 4.57 Å². The Morgan fingerprint density at radius 2 is 1.71 bits per heavy atom. The predicted octanol–water partition coefficient (Wildman–Crippen LogP) is 3.59. The van der Waals surface area contributed by atoms with Crippen LogP contribution in [0.2, 0.25) is 0 Å². The minimum Gasteiger partial charge on any atom is -0.429 e. The monoisotopic (exact) mass is 309 g/mol. The number of nitrogens with zero attached hydrogens (tertiary/aromatic N) is 1. The fourth-order valence-corrected chi connectivity index (χ4v) is 4.26. The average molecular weight is 309 g/mol. The summed E-state index contributed by atoms with van der Waals surface area (Å²) in [5.74, 6) is 0. The van der Waals surface area contributed by atoms with Gasteiger partial charge in [0.2, 0.25) is 0 Å². The van der Waals surface area contributed by atoms with Gasteiger partial charge in [-0.05, 0) is 26.3 Å². The van der Waals surface area contributed by atoms with Crippen LogP contribution < -0.4 is 5.30 Å². The zero-order valence-corrected chi connectivity index (χ0v) is 13.3. The zero-order valence-electron chi connectivity index (χ0n) is 12.4. The lowest BCUT2D eigenvalue weighted by molar-refractivity contribution is 0.181. The summed E-state index contributed by atoms with van der Waals surface area (Å²) >= 11 is 0. The lowest BCUT2D eigenvalue weighted by Crippen LogP contribution is -2.15. The largest absolute Gasteiger partial charge is 0.429 e. The molecule has 0 saturated heterocycles. The van der Waals surface area contributed by atoms with E-state index in [0.29, 0.717) is 16.6 Å². The maximum atomic E-state index is 13.1. The third-order valence-corrected chi connectivity index (χ3v) is 5.46. The Bertz CT molecular complexity index is 641. The average Bonchev–Trinajstić information content (AvgIpc) is 2.77. The molecule has 0 aliphatic rings. The summed E-state index contributed by atoms with van der Waals surface area (Å²) < 4.78 is 24.9. The minimum atomic E-state index is -3.47. The van der Waals surface area contributed by atoms with E-state index >= 15 is 0 Å². The second-order valence-electron chi connectivity index (χ2n) is 4.52. The molecular weight excluding hydrogens is 289 g/mol. The van der Waals surface area contributed by atoms with Crippen LogP contribution in [0, 0.1) is 6.92 Å². The summed E-state index contributed by atoms with van der Waals surface area (Å²) in [4.78, 5) is 0. The van der Waals surface area contributed by atoms with E-state index in [1.165, 1.54) is 6.20 Å². The van der Waals surface area contributed by atoms with E-state index < -0.39 is 7.60 Å². The van der Waals surface area contributed by atoms with Crippen molar-refractivity contribution in [3.8, 4) is 11.1 Å². The number of benzene rings is 1. The highest BCUT2D eigenvalue weighted by molar-refractivity contribution is 7.62. The molecule has 1 aromatic carbocycles. The molecule has 1 N–H and O–H groups in total. The molecule has 1 heterocycles. The van der Waals surface area contributed by atoms with Gasteiger partial charge < -0.3 is 14.3 Å². The quantitative estimate of drug-likeness (QED) is 0.654. The molecule has 6 heteroatoms. The zero-order chi connectivity index (χ0) is 15.5. The highest BCUT2D eigenvalue weighted by Gasteiger charge is 2.34. The van der Waals surface area contributed by atoms with Crippen LogP contribution in [0.1, 0.15) is 19.5 Å². The molecule has 0 bridgehead atoms. The third-order valence-electron chi connectivity index (χ3n) is 3.15. The predicted molar refractivity (Wildman–Crippen MR) is 82.3 cm³/mol. The first-order chi connectivity index (χ1) is 10.0. The minimum absolute atomic E-state index is 0.265. The summed E-state index contributed by atoms with van der Waals surface area (Å²) in [6.07, 6.45) is 1.53. The molecule has 2 rings (SSSR count). The van der Waals surface area contributed by atoms with E-state index in [4.69, 9.17) is 9.05 Å². The van der Waals surface area contributed by atoms with Gasteiger partial charge in [0, 0.05) is 5.56 Å². The van der Waals surface area contributed by atoms with Gasteiger partial charge in [0.1, 0.15) is 0 Å². The number of rotatable bonds is 6. The van der Waals surface area contributed by atoms with E-state index in [0.717, 1.165) is 10.3 Å². The fraction of sp³-hybridized carbons (Fsp3) is 0.333. The van der Waals surface area contributed by atoms with Gasteiger partial charge in [0.05, 0.1) is 30.4 Å². The summed E-state index contributed by atoms with van der Waals surface area (Å²) in [6.45, 7) is 5.74. The summed E-state index contributed by atoms with van der Waals surface area (Å²) in [7, 11) is -3.47. The van der Waals surface area contributed by atoms with Crippen molar-refractivity contribution in [3.63, 3.8) is 0 Å². The molecule has 0 atom stereocenters. The van der Waals surface area contributed by atoms with Crippen LogP contribution in [-0.4, -0.2) is 23.2 Å². The van der Waals surface area contributed by atoms with Crippen molar-refractivity contribution >= 4 is 12.9 Å². The van der Waals surface area contributed by atoms with Gasteiger partial charge in [-0.2, -0.15) is 4.73 Å². The van der Waals surface area contributed by atoms with Crippen LogP contribution in [0.25, 0.3) is 11.1 Å². The van der Waals surface area contributed by atoms with Crippen LogP contribution in [0.5, 0.6) is 0 Å². The fourth-order valence-electron chi connectivity index (χ4n) is 2.26. The Morgan fingerprint density at radius 1 is 1.14 bits per heavy atom. The first-order valence-electron chi connectivity index (χ1n) is 6.89. The molecule has 0 amide bonds. The Kier molecular flexibility index (Phi) is 4.88. The normalized spacial score (nSPS) is 11.8. The van der Waals surface area contributed by atoms with Crippen LogP contribution in [0.3, 0.4) is 0 Å². The van der Waals surface area contributed by atoms with Crippen LogP contribution >= 0.6 is 7.60 Å². The molecule has 21 heavy (non-hydrogen) atoms. The molecule has 5 nitrogen and oxygen atoms in total. The Morgan fingerprint density at radius 3 is 2.24 bits per heavy atom. The van der Waals surface area contributed by atoms with Crippen molar-refractivity contribution in [2.24, 2.45) is 0 Å². The maximum Gasteiger partial charge on any atom is 0.363 e. The van der Waals surface area contributed by atoms with Crippen LogP contribution in [0.4, 0.5) is 0 Å². The van der Waals surface area contributed by atoms with Gasteiger partial charge in [0.25, 0.3) is 0 Å². The lowest BCUT2D eigenvalue weighted by Gasteiger charge is -2.18. The van der Waals surface area contributed by atoms with E-state index in [1.54, 1.807) is 20.8 Å². The Hall–Kier alpha value is -1.55. The second kappa shape index (κ2) is 6.48. The van der Waals surface area contributed by atoms with Gasteiger partial charge >= 0.3 is 7.60 Å². The molecular formula is C15H20NO4P. The molecule has 0 aliphatic heterocycles. The smallest absolute Gasteiger partial charge is 0.363 e. The van der Waals surface area contributed by atoms with Crippen LogP contribution in [0.15, 0.2) is 36.5 Å². The Labute approximate surface area is 124 Å². The molecule has 114 valence electrons. The summed E-state index contributed by atoms with van der Waals surface area (Å²) in [5.41, 5.74) is 1.96. The van der Waals surface area contributed by atoms with Crippen molar-refractivity contribution in [2.45, 2.75) is 20.8 Å². The number of hydrogen-bond acceptors (Lipinski definition) is 4.